The summed E-state index contributed by atoms with van der Waals surface area (Å²) >= 11 is 0. The highest BCUT2D eigenvalue weighted by Crippen LogP contribution is 2.26. The quantitative estimate of drug-likeness (QED) is 0.828. The van der Waals surface area contributed by atoms with Crippen molar-refractivity contribution in [2.45, 2.75) is 25.9 Å². The van der Waals surface area contributed by atoms with Crippen LogP contribution in [0.1, 0.15) is 12.5 Å². The first kappa shape index (κ1) is 12.8. The maximum Gasteiger partial charge on any atom is 0.410 e. The maximum atomic E-state index is 12.7. The third-order valence-corrected chi connectivity index (χ3v) is 3.21. The van der Waals surface area contributed by atoms with Crippen LogP contribution in [0.5, 0.6) is 0 Å². The van der Waals surface area contributed by atoms with Crippen molar-refractivity contribution in [2.24, 2.45) is 5.92 Å². The van der Waals surface area contributed by atoms with Crippen molar-refractivity contribution >= 4 is 6.09 Å². The van der Waals surface area contributed by atoms with E-state index in [-0.39, 0.29) is 6.61 Å². The molecule has 98 valence electrons. The topological polar surface area (TPSA) is 29.5 Å². The van der Waals surface area contributed by atoms with Gasteiger partial charge in [0.15, 0.2) is 0 Å². The molecular formula is C13H15F2NO2. The van der Waals surface area contributed by atoms with Gasteiger partial charge >= 0.3 is 6.09 Å². The van der Waals surface area contributed by atoms with Crippen molar-refractivity contribution in [3.63, 3.8) is 0 Å². The molecule has 5 heteroatoms. The molecule has 18 heavy (non-hydrogen) atoms. The normalized spacial score (nSPS) is 21.2. The molecule has 3 nitrogen and oxygen atoms in total. The molecule has 0 N–H and O–H groups in total. The van der Waals surface area contributed by atoms with Crippen LogP contribution in [-0.2, 0) is 11.3 Å². The van der Waals surface area contributed by atoms with Crippen molar-refractivity contribution in [1.29, 1.82) is 0 Å². The number of cyclic esters (lactones) is 1. The molecule has 0 saturated carbocycles. The summed E-state index contributed by atoms with van der Waals surface area (Å²) in [5.41, 5.74) is 0.905. The van der Waals surface area contributed by atoms with Crippen LogP contribution in [-0.4, -0.2) is 30.1 Å². The van der Waals surface area contributed by atoms with E-state index in [0.717, 1.165) is 5.56 Å². The summed E-state index contributed by atoms with van der Waals surface area (Å²) in [5.74, 6) is -0.889. The number of nitrogens with zero attached hydrogens (tertiary/aromatic N) is 1. The van der Waals surface area contributed by atoms with Gasteiger partial charge in [0, 0.05) is 12.5 Å². The van der Waals surface area contributed by atoms with Gasteiger partial charge in [-0.1, -0.05) is 37.3 Å². The second-order valence-electron chi connectivity index (χ2n) is 4.45. The lowest BCUT2D eigenvalue weighted by Gasteiger charge is -2.26. The van der Waals surface area contributed by atoms with Crippen LogP contribution >= 0.6 is 0 Å². The van der Waals surface area contributed by atoms with Crippen LogP contribution in [0, 0.1) is 5.92 Å². The summed E-state index contributed by atoms with van der Waals surface area (Å²) < 4.78 is 30.3. The summed E-state index contributed by atoms with van der Waals surface area (Å²) in [6, 6.07) is 8.72. The zero-order valence-electron chi connectivity index (χ0n) is 10.1. The van der Waals surface area contributed by atoms with E-state index in [1.165, 1.54) is 11.8 Å². The molecule has 1 aromatic rings. The molecule has 0 radical (unpaired) electrons. The summed E-state index contributed by atoms with van der Waals surface area (Å²) in [4.78, 5) is 13.0. The fourth-order valence-corrected chi connectivity index (χ4v) is 2.03. The van der Waals surface area contributed by atoms with Crippen LogP contribution in [0.15, 0.2) is 30.3 Å². The largest absolute Gasteiger partial charge is 0.447 e. The SMILES string of the molecule is C[C@@H](C(F)F)[C@H]1COC(=O)N1Cc1ccccc1. The molecule has 0 bridgehead atoms. The fraction of sp³-hybridized carbons (Fsp3) is 0.462. The van der Waals surface area contributed by atoms with E-state index in [9.17, 15) is 13.6 Å². The number of carbonyl (C=O) groups excluding carboxylic acids is 1. The Kier molecular flexibility index (Phi) is 3.79. The number of hydrogen-bond acceptors (Lipinski definition) is 2. The molecule has 1 aliphatic heterocycles. The van der Waals surface area contributed by atoms with E-state index in [1.54, 1.807) is 0 Å². The number of amides is 1. The Labute approximate surface area is 104 Å². The van der Waals surface area contributed by atoms with Gasteiger partial charge in [-0.3, -0.25) is 4.90 Å². The van der Waals surface area contributed by atoms with Crippen LogP contribution in [0.2, 0.25) is 0 Å². The molecule has 1 saturated heterocycles. The average Bonchev–Trinajstić information content (AvgIpc) is 2.71. The zero-order chi connectivity index (χ0) is 13.1. The summed E-state index contributed by atoms with van der Waals surface area (Å²) in [7, 11) is 0. The van der Waals surface area contributed by atoms with E-state index >= 15 is 0 Å². The van der Waals surface area contributed by atoms with Gasteiger partial charge in [-0.2, -0.15) is 0 Å². The van der Waals surface area contributed by atoms with E-state index in [0.29, 0.717) is 6.54 Å². The van der Waals surface area contributed by atoms with Crippen molar-refractivity contribution in [3.05, 3.63) is 35.9 Å². The van der Waals surface area contributed by atoms with Gasteiger partial charge in [-0.15, -0.1) is 0 Å². The van der Waals surface area contributed by atoms with Gasteiger partial charge in [0.2, 0.25) is 6.43 Å². The van der Waals surface area contributed by atoms with E-state index < -0.39 is 24.5 Å². The molecule has 1 heterocycles. The summed E-state index contributed by atoms with van der Waals surface area (Å²) in [6.07, 6.45) is -2.97. The Hall–Kier alpha value is -1.65. The molecule has 2 atom stereocenters. The Balaban J connectivity index is 2.11. The van der Waals surface area contributed by atoms with Gasteiger partial charge in [-0.05, 0) is 5.56 Å². The van der Waals surface area contributed by atoms with Gasteiger partial charge in [-0.25, -0.2) is 13.6 Å². The number of alkyl halides is 2. The molecule has 1 fully saturated rings. The molecule has 0 unspecified atom stereocenters. The summed E-state index contributed by atoms with van der Waals surface area (Å²) in [5, 5.41) is 0. The minimum Gasteiger partial charge on any atom is -0.447 e. The van der Waals surface area contributed by atoms with Crippen LogP contribution < -0.4 is 0 Å². The third-order valence-electron chi connectivity index (χ3n) is 3.21. The van der Waals surface area contributed by atoms with E-state index in [2.05, 4.69) is 0 Å². The number of rotatable bonds is 4. The molecule has 0 spiro atoms. The molecule has 1 aliphatic rings. The highest BCUT2D eigenvalue weighted by molar-refractivity contribution is 5.70. The molecule has 1 aromatic carbocycles. The van der Waals surface area contributed by atoms with Gasteiger partial charge in [0.05, 0.1) is 6.04 Å². The Morgan fingerprint density at radius 3 is 2.67 bits per heavy atom. The van der Waals surface area contributed by atoms with Crippen molar-refractivity contribution in [3.8, 4) is 0 Å². The number of hydrogen-bond donors (Lipinski definition) is 0. The highest BCUT2D eigenvalue weighted by Gasteiger charge is 2.39. The smallest absolute Gasteiger partial charge is 0.410 e. The first-order chi connectivity index (χ1) is 8.59. The van der Waals surface area contributed by atoms with Crippen molar-refractivity contribution in [2.75, 3.05) is 6.61 Å². The number of benzene rings is 1. The Bertz CT molecular complexity index is 411. The molecule has 0 aromatic heterocycles. The van der Waals surface area contributed by atoms with Gasteiger partial charge in [0.25, 0.3) is 0 Å². The van der Waals surface area contributed by atoms with E-state index in [1.807, 2.05) is 30.3 Å². The minimum absolute atomic E-state index is 0.0389. The maximum absolute atomic E-state index is 12.7. The number of carbonyl (C=O) groups is 1. The van der Waals surface area contributed by atoms with Crippen molar-refractivity contribution < 1.29 is 18.3 Å². The average molecular weight is 255 g/mol. The Morgan fingerprint density at radius 2 is 2.06 bits per heavy atom. The van der Waals surface area contributed by atoms with Gasteiger partial charge < -0.3 is 4.74 Å². The predicted octanol–water partition coefficient (Wildman–Crippen LogP) is 2.91. The standard InChI is InChI=1S/C13H15F2NO2/c1-9(12(14)15)11-8-18-13(17)16(11)7-10-5-3-2-4-6-10/h2-6,9,11-12H,7-8H2,1H3/t9-,11-/m1/s1. The molecule has 0 aliphatic carbocycles. The first-order valence-corrected chi connectivity index (χ1v) is 5.85. The summed E-state index contributed by atoms with van der Waals surface area (Å²) in [6.45, 7) is 1.79. The van der Waals surface area contributed by atoms with Crippen LogP contribution in [0.25, 0.3) is 0 Å². The fourth-order valence-electron chi connectivity index (χ4n) is 2.03. The zero-order valence-corrected chi connectivity index (χ0v) is 10.1. The molecule has 2 rings (SSSR count). The van der Waals surface area contributed by atoms with Crippen LogP contribution in [0.4, 0.5) is 13.6 Å². The third kappa shape index (κ3) is 2.60. The lowest BCUT2D eigenvalue weighted by atomic mass is 10.0. The molecular weight excluding hydrogens is 240 g/mol. The molecule has 1 amide bonds. The predicted molar refractivity (Wildman–Crippen MR) is 62.3 cm³/mol. The Morgan fingerprint density at radius 1 is 1.39 bits per heavy atom. The van der Waals surface area contributed by atoms with E-state index in [4.69, 9.17) is 4.74 Å². The minimum atomic E-state index is -2.46. The van der Waals surface area contributed by atoms with Crippen LogP contribution in [0.3, 0.4) is 0 Å². The lowest BCUT2D eigenvalue weighted by molar-refractivity contribution is 0.0436. The highest BCUT2D eigenvalue weighted by atomic mass is 19.3. The first-order valence-electron chi connectivity index (χ1n) is 5.85. The van der Waals surface area contributed by atoms with Crippen molar-refractivity contribution in [1.82, 2.24) is 4.90 Å². The number of ether oxygens (including phenoxy) is 1. The number of halogens is 2. The van der Waals surface area contributed by atoms with Gasteiger partial charge in [0.1, 0.15) is 6.61 Å². The second-order valence-corrected chi connectivity index (χ2v) is 4.45. The second kappa shape index (κ2) is 5.33. The lowest BCUT2D eigenvalue weighted by Crippen LogP contribution is -2.40. The monoisotopic (exact) mass is 255 g/mol.